The molecule has 3 fully saturated rings. The highest BCUT2D eigenvalue weighted by atomic mass is 19.4. The van der Waals surface area contributed by atoms with Crippen LogP contribution >= 0.6 is 0 Å². The number of likely N-dealkylation sites (tertiary alicyclic amines) is 1. The number of benzene rings is 1. The predicted molar refractivity (Wildman–Crippen MR) is 113 cm³/mol. The maximum atomic E-state index is 13.4. The number of hydrogen-bond acceptors (Lipinski definition) is 3. The third-order valence-electron chi connectivity index (χ3n) is 7.85. The Hall–Kier alpha value is -2.09. The Morgan fingerprint density at radius 2 is 1.75 bits per heavy atom. The van der Waals surface area contributed by atoms with Gasteiger partial charge >= 0.3 is 18.1 Å². The Bertz CT molecular complexity index is 846. The molecule has 2 atom stereocenters. The number of hydrogen-bond donors (Lipinski definition) is 1. The number of carbonyl (C=O) groups excluding carboxylic acids is 1. The van der Waals surface area contributed by atoms with Crippen LogP contribution in [0.3, 0.4) is 0 Å². The molecule has 176 valence electrons. The summed E-state index contributed by atoms with van der Waals surface area (Å²) >= 11 is 0. The molecule has 5 nitrogen and oxygen atoms in total. The van der Waals surface area contributed by atoms with E-state index in [9.17, 15) is 27.9 Å². The summed E-state index contributed by atoms with van der Waals surface area (Å²) in [7, 11) is 0. The molecular weight excluding hydrogens is 421 g/mol. The van der Waals surface area contributed by atoms with Crippen LogP contribution in [0.25, 0.3) is 0 Å². The van der Waals surface area contributed by atoms with Crippen molar-refractivity contribution in [3.8, 4) is 0 Å². The third kappa shape index (κ3) is 4.65. The Balaban J connectivity index is 1.44. The quantitative estimate of drug-likeness (QED) is 0.665. The Kier molecular flexibility index (Phi) is 6.03. The van der Waals surface area contributed by atoms with Crippen molar-refractivity contribution < 1.29 is 27.9 Å². The van der Waals surface area contributed by atoms with Crippen LogP contribution in [0.4, 0.5) is 13.2 Å². The SMILES string of the molecule is CC1(CN(C(=O)C(F)(F)F)[C@@H]2CC2c2ccccc2)CCN(C2(CC(=O)O)CCC2)CC1. The van der Waals surface area contributed by atoms with Crippen LogP contribution in [0.1, 0.15) is 63.4 Å². The van der Waals surface area contributed by atoms with E-state index in [2.05, 4.69) is 4.90 Å². The number of carbonyl (C=O) groups is 2. The molecule has 4 rings (SSSR count). The van der Waals surface area contributed by atoms with Crippen molar-refractivity contribution in [3.63, 3.8) is 0 Å². The number of nitrogens with zero attached hydrogens (tertiary/aromatic N) is 2. The fraction of sp³-hybridized carbons (Fsp3) is 0.667. The summed E-state index contributed by atoms with van der Waals surface area (Å²) in [6, 6.07) is 8.99. The number of carboxylic acids is 1. The number of alkyl halides is 3. The molecule has 1 aromatic rings. The minimum Gasteiger partial charge on any atom is -0.481 e. The van der Waals surface area contributed by atoms with Gasteiger partial charge in [-0.1, -0.05) is 37.3 Å². The standard InChI is InChI=1S/C24H31F3N2O3/c1-22(10-12-28(13-11-22)23(8-5-9-23)15-20(30)31)16-29(21(32)24(25,26)27)19-14-18(19)17-6-3-2-4-7-17/h2-4,6-7,18-19H,5,8-16H2,1H3,(H,30,31)/t18?,19-/m1/s1. The molecule has 2 saturated carbocycles. The minimum absolute atomic E-state index is 0.0556. The summed E-state index contributed by atoms with van der Waals surface area (Å²) in [6.45, 7) is 3.36. The minimum atomic E-state index is -4.89. The van der Waals surface area contributed by atoms with E-state index < -0.39 is 29.5 Å². The van der Waals surface area contributed by atoms with Crippen LogP contribution in [-0.4, -0.2) is 64.2 Å². The second kappa shape index (κ2) is 8.36. The van der Waals surface area contributed by atoms with Crippen molar-refractivity contribution in [1.82, 2.24) is 9.80 Å². The van der Waals surface area contributed by atoms with Gasteiger partial charge in [-0.2, -0.15) is 13.2 Å². The average molecular weight is 453 g/mol. The van der Waals surface area contributed by atoms with E-state index in [1.807, 2.05) is 37.3 Å². The average Bonchev–Trinajstić information content (AvgIpc) is 3.50. The Morgan fingerprint density at radius 1 is 1.12 bits per heavy atom. The van der Waals surface area contributed by atoms with Crippen LogP contribution in [-0.2, 0) is 9.59 Å². The summed E-state index contributed by atoms with van der Waals surface area (Å²) in [5, 5.41) is 9.31. The zero-order valence-corrected chi connectivity index (χ0v) is 18.4. The molecule has 1 amide bonds. The van der Waals surface area contributed by atoms with Crippen LogP contribution in [0.5, 0.6) is 0 Å². The van der Waals surface area contributed by atoms with E-state index in [4.69, 9.17) is 0 Å². The van der Waals surface area contributed by atoms with Gasteiger partial charge in [-0.25, -0.2) is 0 Å². The van der Waals surface area contributed by atoms with E-state index in [0.717, 1.165) is 29.7 Å². The first-order valence-electron chi connectivity index (χ1n) is 11.4. The molecule has 0 spiro atoms. The molecule has 3 aliphatic rings. The lowest BCUT2D eigenvalue weighted by Gasteiger charge is -2.54. The smallest absolute Gasteiger partial charge is 0.471 e. The van der Waals surface area contributed by atoms with E-state index in [1.165, 1.54) is 0 Å². The highest BCUT2D eigenvalue weighted by molar-refractivity contribution is 5.82. The molecule has 0 radical (unpaired) electrons. The summed E-state index contributed by atoms with van der Waals surface area (Å²) in [4.78, 5) is 27.0. The monoisotopic (exact) mass is 452 g/mol. The van der Waals surface area contributed by atoms with E-state index >= 15 is 0 Å². The van der Waals surface area contributed by atoms with Crippen LogP contribution in [0.15, 0.2) is 30.3 Å². The highest BCUT2D eigenvalue weighted by Crippen LogP contribution is 2.49. The van der Waals surface area contributed by atoms with Gasteiger partial charge in [0.1, 0.15) is 0 Å². The van der Waals surface area contributed by atoms with Gasteiger partial charge in [0.15, 0.2) is 0 Å². The molecule has 2 aliphatic carbocycles. The fourth-order valence-electron chi connectivity index (χ4n) is 5.65. The normalized spacial score (nSPS) is 26.8. The van der Waals surface area contributed by atoms with E-state index in [0.29, 0.717) is 32.4 Å². The van der Waals surface area contributed by atoms with Crippen molar-refractivity contribution in [2.75, 3.05) is 19.6 Å². The number of carboxylic acid groups (broad SMARTS) is 1. The van der Waals surface area contributed by atoms with Gasteiger partial charge in [-0.05, 0) is 62.6 Å². The summed E-state index contributed by atoms with van der Waals surface area (Å²) in [5.74, 6) is -2.61. The van der Waals surface area contributed by atoms with E-state index in [1.54, 1.807) is 0 Å². The van der Waals surface area contributed by atoms with Crippen molar-refractivity contribution in [3.05, 3.63) is 35.9 Å². The van der Waals surface area contributed by atoms with Crippen molar-refractivity contribution in [2.24, 2.45) is 5.41 Å². The fourth-order valence-corrected chi connectivity index (χ4v) is 5.65. The van der Waals surface area contributed by atoms with Crippen molar-refractivity contribution >= 4 is 11.9 Å². The highest BCUT2D eigenvalue weighted by Gasteiger charge is 2.54. The number of amides is 1. The molecular formula is C24H31F3N2O3. The number of aliphatic carboxylic acids is 1. The first-order chi connectivity index (χ1) is 15.0. The van der Waals surface area contributed by atoms with Crippen LogP contribution in [0.2, 0.25) is 0 Å². The Labute approximate surface area is 186 Å². The van der Waals surface area contributed by atoms with Gasteiger partial charge < -0.3 is 10.0 Å². The molecule has 1 unspecified atom stereocenters. The van der Waals surface area contributed by atoms with Gasteiger partial charge in [0.05, 0.1) is 6.42 Å². The number of rotatable bonds is 7. The lowest BCUT2D eigenvalue weighted by molar-refractivity contribution is -0.188. The van der Waals surface area contributed by atoms with Gasteiger partial charge in [-0.3, -0.25) is 14.5 Å². The van der Waals surface area contributed by atoms with Crippen LogP contribution in [0, 0.1) is 5.41 Å². The summed E-state index contributed by atoms with van der Waals surface area (Å²) in [5.41, 5.74) is 0.247. The van der Waals surface area contributed by atoms with E-state index in [-0.39, 0.29) is 24.4 Å². The molecule has 0 aromatic heterocycles. The molecule has 1 N–H and O–H groups in total. The van der Waals surface area contributed by atoms with Gasteiger partial charge in [-0.15, -0.1) is 0 Å². The summed E-state index contributed by atoms with van der Waals surface area (Å²) < 4.78 is 40.3. The van der Waals surface area contributed by atoms with Gasteiger partial charge in [0, 0.05) is 24.0 Å². The van der Waals surface area contributed by atoms with Gasteiger partial charge in [0.25, 0.3) is 0 Å². The van der Waals surface area contributed by atoms with Crippen molar-refractivity contribution in [2.45, 2.75) is 75.5 Å². The lowest BCUT2D eigenvalue weighted by atomic mass is 9.70. The van der Waals surface area contributed by atoms with Gasteiger partial charge in [0.2, 0.25) is 0 Å². The molecule has 8 heteroatoms. The maximum Gasteiger partial charge on any atom is 0.471 e. The Morgan fingerprint density at radius 3 is 2.25 bits per heavy atom. The molecule has 1 heterocycles. The molecule has 32 heavy (non-hydrogen) atoms. The third-order valence-corrected chi connectivity index (χ3v) is 7.85. The summed E-state index contributed by atoms with van der Waals surface area (Å²) in [6.07, 6.45) is -0.197. The topological polar surface area (TPSA) is 60.9 Å². The molecule has 1 aliphatic heterocycles. The maximum absolute atomic E-state index is 13.4. The number of halogens is 3. The van der Waals surface area contributed by atoms with Crippen molar-refractivity contribution in [1.29, 1.82) is 0 Å². The second-order valence-electron chi connectivity index (χ2n) is 10.2. The first kappa shape index (κ1) is 23.1. The molecule has 1 saturated heterocycles. The van der Waals surface area contributed by atoms with Crippen LogP contribution < -0.4 is 0 Å². The second-order valence-corrected chi connectivity index (χ2v) is 10.2. The zero-order valence-electron chi connectivity index (χ0n) is 18.4. The first-order valence-corrected chi connectivity index (χ1v) is 11.4. The molecule has 1 aromatic carbocycles. The molecule has 0 bridgehead atoms. The largest absolute Gasteiger partial charge is 0.481 e. The zero-order chi connectivity index (χ0) is 23.1. The predicted octanol–water partition coefficient (Wildman–Crippen LogP) is 4.43. The number of piperidine rings is 1. The lowest BCUT2D eigenvalue weighted by Crippen LogP contribution is -2.59.